The molecule has 0 saturated carbocycles. The lowest BCUT2D eigenvalue weighted by molar-refractivity contribution is -0.127. The fourth-order valence-electron chi connectivity index (χ4n) is 2.07. The molecule has 21 heavy (non-hydrogen) atoms. The lowest BCUT2D eigenvalue weighted by Gasteiger charge is -2.26. The quantitative estimate of drug-likeness (QED) is 0.551. The van der Waals surface area contributed by atoms with Crippen molar-refractivity contribution in [3.8, 4) is 0 Å². The third kappa shape index (κ3) is 5.08. The Bertz CT molecular complexity index is 492. The van der Waals surface area contributed by atoms with Crippen LogP contribution in [0, 0.1) is 0 Å². The van der Waals surface area contributed by atoms with E-state index in [1.54, 1.807) is 5.32 Å². The molecule has 11 heteroatoms. The minimum absolute atomic E-state index is 0.208. The molecule has 0 aromatic carbocycles. The molecule has 0 bridgehead atoms. The molecule has 2 N–H and O–H groups in total. The molecule has 1 saturated heterocycles. The van der Waals surface area contributed by atoms with E-state index < -0.39 is 46.3 Å². The number of carbonyl (C=O) groups excluding carboxylic acids is 1. The summed E-state index contributed by atoms with van der Waals surface area (Å²) in [5.41, 5.74) is 0. The molecule has 1 aliphatic heterocycles. The van der Waals surface area contributed by atoms with Gasteiger partial charge in [-0.25, -0.2) is 8.78 Å². The van der Waals surface area contributed by atoms with Gasteiger partial charge < -0.3 is 5.32 Å². The Morgan fingerprint density at radius 1 is 1.38 bits per heavy atom. The number of likely N-dealkylation sites (tertiary alicyclic amines) is 1. The number of amides is 1. The highest BCUT2D eigenvalue weighted by atomic mass is 32.2. The summed E-state index contributed by atoms with van der Waals surface area (Å²) in [6, 6.07) is -1.02. The molecule has 1 rings (SSSR count). The molecule has 6 nitrogen and oxygen atoms in total. The van der Waals surface area contributed by atoms with Crippen LogP contribution in [0.1, 0.15) is 19.8 Å². The highest BCUT2D eigenvalue weighted by Crippen LogP contribution is 2.24. The minimum atomic E-state index is -5.65. The highest BCUT2D eigenvalue weighted by molar-refractivity contribution is 7.86. The Kier molecular flexibility index (Phi) is 5.22. The van der Waals surface area contributed by atoms with Crippen molar-refractivity contribution in [2.75, 3.05) is 19.6 Å². The second kappa shape index (κ2) is 6.05. The first kappa shape index (κ1) is 18.1. The van der Waals surface area contributed by atoms with Crippen molar-refractivity contribution in [3.05, 3.63) is 0 Å². The first-order chi connectivity index (χ1) is 9.33. The molecule has 1 amide bonds. The van der Waals surface area contributed by atoms with Gasteiger partial charge >= 0.3 is 15.4 Å². The van der Waals surface area contributed by atoms with Gasteiger partial charge in [0.1, 0.15) is 0 Å². The predicted octanol–water partition coefficient (Wildman–Crippen LogP) is 0.703. The number of alkyl halides is 4. The van der Waals surface area contributed by atoms with Crippen LogP contribution in [0.15, 0.2) is 0 Å². The molecule has 124 valence electrons. The van der Waals surface area contributed by atoms with E-state index in [0.29, 0.717) is 13.3 Å². The number of carbonyl (C=O) groups is 1. The SMILES string of the molecule is CC(F)(F)CN1CCCC1C(=O)NCC(F)(F)S(=O)(=O)O. The Morgan fingerprint density at radius 3 is 2.43 bits per heavy atom. The number of hydrogen-bond donors (Lipinski definition) is 2. The van der Waals surface area contributed by atoms with Gasteiger partial charge in [0.05, 0.1) is 19.1 Å². The van der Waals surface area contributed by atoms with E-state index in [1.165, 1.54) is 0 Å². The van der Waals surface area contributed by atoms with Crippen LogP contribution in [0.5, 0.6) is 0 Å². The van der Waals surface area contributed by atoms with Crippen LogP contribution in [0.25, 0.3) is 0 Å². The van der Waals surface area contributed by atoms with Gasteiger partial charge in [-0.05, 0) is 19.4 Å². The van der Waals surface area contributed by atoms with E-state index in [9.17, 15) is 30.8 Å². The van der Waals surface area contributed by atoms with Crippen LogP contribution in [0.3, 0.4) is 0 Å². The Morgan fingerprint density at radius 2 is 1.95 bits per heavy atom. The summed E-state index contributed by atoms with van der Waals surface area (Å²) in [6.07, 6.45) is 0.655. The van der Waals surface area contributed by atoms with Crippen molar-refractivity contribution in [1.29, 1.82) is 0 Å². The van der Waals surface area contributed by atoms with Crippen molar-refractivity contribution < 1.29 is 35.3 Å². The Hall–Kier alpha value is -0.940. The number of hydrogen-bond acceptors (Lipinski definition) is 4. The average Bonchev–Trinajstić information content (AvgIpc) is 2.70. The van der Waals surface area contributed by atoms with Crippen LogP contribution in [-0.2, 0) is 14.9 Å². The van der Waals surface area contributed by atoms with E-state index in [0.717, 1.165) is 4.90 Å². The molecule has 1 aliphatic rings. The lowest BCUT2D eigenvalue weighted by atomic mass is 10.2. The predicted molar refractivity (Wildman–Crippen MR) is 64.7 cm³/mol. The Labute approximate surface area is 119 Å². The highest BCUT2D eigenvalue weighted by Gasteiger charge is 2.45. The molecule has 1 atom stereocenters. The lowest BCUT2D eigenvalue weighted by Crippen LogP contribution is -2.50. The van der Waals surface area contributed by atoms with E-state index in [-0.39, 0.29) is 13.0 Å². The molecule has 0 aromatic rings. The van der Waals surface area contributed by atoms with E-state index in [2.05, 4.69) is 0 Å². The minimum Gasteiger partial charge on any atom is -0.347 e. The van der Waals surface area contributed by atoms with E-state index in [1.807, 2.05) is 0 Å². The summed E-state index contributed by atoms with van der Waals surface area (Å²) < 4.78 is 80.8. The zero-order valence-corrected chi connectivity index (χ0v) is 12.0. The third-order valence-corrected chi connectivity index (χ3v) is 3.89. The number of nitrogens with zero attached hydrogens (tertiary/aromatic N) is 1. The molecule has 0 aliphatic carbocycles. The van der Waals surface area contributed by atoms with Gasteiger partial charge in [0.25, 0.3) is 5.92 Å². The fraction of sp³-hybridized carbons (Fsp3) is 0.900. The maximum absolute atomic E-state index is 13.0. The summed E-state index contributed by atoms with van der Waals surface area (Å²) in [6.45, 7) is -1.42. The molecule has 0 radical (unpaired) electrons. The number of nitrogens with one attached hydrogen (secondary N) is 1. The van der Waals surface area contributed by atoms with Crippen molar-refractivity contribution in [3.63, 3.8) is 0 Å². The second-order valence-electron chi connectivity index (χ2n) is 5.03. The molecule has 1 fully saturated rings. The van der Waals surface area contributed by atoms with E-state index in [4.69, 9.17) is 4.55 Å². The van der Waals surface area contributed by atoms with Gasteiger partial charge in [0.2, 0.25) is 5.91 Å². The standard InChI is InChI=1S/C10H16F4N2O4S/c1-9(11,12)6-16-4-2-3-7(16)8(17)15-5-10(13,14)21(18,19)20/h7H,2-6H2,1H3,(H,15,17)(H,18,19,20). The third-order valence-electron chi connectivity index (χ3n) is 2.99. The average molecular weight is 336 g/mol. The van der Waals surface area contributed by atoms with Crippen molar-refractivity contribution >= 4 is 16.0 Å². The zero-order chi connectivity index (χ0) is 16.5. The van der Waals surface area contributed by atoms with Gasteiger partial charge in [-0.1, -0.05) is 0 Å². The maximum atomic E-state index is 13.0. The van der Waals surface area contributed by atoms with Gasteiger partial charge in [-0.3, -0.25) is 14.2 Å². The second-order valence-corrected chi connectivity index (χ2v) is 6.58. The summed E-state index contributed by atoms with van der Waals surface area (Å²) in [5.74, 6) is -4.01. The number of rotatable bonds is 6. The Balaban J connectivity index is 2.63. The van der Waals surface area contributed by atoms with Gasteiger partial charge in [-0.15, -0.1) is 0 Å². The largest absolute Gasteiger partial charge is 0.386 e. The van der Waals surface area contributed by atoms with Crippen LogP contribution >= 0.6 is 0 Å². The molecule has 1 unspecified atom stereocenters. The van der Waals surface area contributed by atoms with Crippen LogP contribution in [0.4, 0.5) is 17.6 Å². The van der Waals surface area contributed by atoms with Gasteiger partial charge in [-0.2, -0.15) is 17.2 Å². The fourth-order valence-corrected chi connectivity index (χ4v) is 2.32. The summed E-state index contributed by atoms with van der Waals surface area (Å²) in [7, 11) is -5.65. The smallest absolute Gasteiger partial charge is 0.347 e. The van der Waals surface area contributed by atoms with Gasteiger partial charge in [0.15, 0.2) is 0 Å². The van der Waals surface area contributed by atoms with Crippen molar-refractivity contribution in [1.82, 2.24) is 10.2 Å². The first-order valence-corrected chi connectivity index (χ1v) is 7.52. The first-order valence-electron chi connectivity index (χ1n) is 6.08. The van der Waals surface area contributed by atoms with E-state index >= 15 is 0 Å². The molecular weight excluding hydrogens is 320 g/mol. The van der Waals surface area contributed by atoms with Gasteiger partial charge in [0, 0.05) is 6.92 Å². The maximum Gasteiger partial charge on any atom is 0.386 e. The molecular formula is C10H16F4N2O4S. The summed E-state index contributed by atoms with van der Waals surface area (Å²) in [5, 5.41) is -2.85. The van der Waals surface area contributed by atoms with Crippen molar-refractivity contribution in [2.24, 2.45) is 0 Å². The molecule has 0 spiro atoms. The normalized spacial score (nSPS) is 21.5. The zero-order valence-electron chi connectivity index (χ0n) is 11.2. The molecule has 0 aromatic heterocycles. The van der Waals surface area contributed by atoms with Crippen LogP contribution in [0.2, 0.25) is 0 Å². The van der Waals surface area contributed by atoms with Crippen molar-refractivity contribution in [2.45, 2.75) is 37.0 Å². The summed E-state index contributed by atoms with van der Waals surface area (Å²) in [4.78, 5) is 12.9. The number of halogens is 4. The van der Waals surface area contributed by atoms with Crippen LogP contribution < -0.4 is 5.32 Å². The topological polar surface area (TPSA) is 86.7 Å². The molecule has 1 heterocycles. The summed E-state index contributed by atoms with van der Waals surface area (Å²) >= 11 is 0. The monoisotopic (exact) mass is 336 g/mol. The van der Waals surface area contributed by atoms with Crippen LogP contribution in [-0.4, -0.2) is 60.6 Å².